The fraction of sp³-hybridized carbons (Fsp3) is 0.909. The van der Waals surface area contributed by atoms with Crippen molar-refractivity contribution in [3.8, 4) is 0 Å². The number of carbonyl (C=O) groups excluding carboxylic acids is 1. The molecule has 1 aliphatic heterocycles. The molecular weight excluding hydrogens is 226 g/mol. The van der Waals surface area contributed by atoms with E-state index in [-0.39, 0.29) is 18.6 Å². The largest absolute Gasteiger partial charge is 0.396 e. The number of nitrogens with zero attached hydrogens (tertiary/aromatic N) is 1. The Hall–Kier alpha value is -0.690. The van der Waals surface area contributed by atoms with Crippen molar-refractivity contribution in [3.05, 3.63) is 0 Å². The van der Waals surface area contributed by atoms with Gasteiger partial charge in [0.05, 0.1) is 13.2 Å². The van der Waals surface area contributed by atoms with E-state index < -0.39 is 11.9 Å². The molecule has 17 heavy (non-hydrogen) atoms. The maximum Gasteiger partial charge on any atom is 0.277 e. The molecule has 1 N–H and O–H groups in total. The van der Waals surface area contributed by atoms with Gasteiger partial charge in [-0.05, 0) is 26.7 Å². The molecule has 0 spiro atoms. The molecular formula is C11H21NO5. The van der Waals surface area contributed by atoms with Crippen LogP contribution in [0.3, 0.4) is 0 Å². The second kappa shape index (κ2) is 5.77. The molecule has 1 aliphatic rings. The normalized spacial score (nSPS) is 27.1. The van der Waals surface area contributed by atoms with Crippen molar-refractivity contribution >= 4 is 5.91 Å². The second-order valence-corrected chi connectivity index (χ2v) is 4.48. The number of hydrogen-bond acceptors (Lipinski definition) is 5. The van der Waals surface area contributed by atoms with Crippen molar-refractivity contribution in [2.75, 3.05) is 20.8 Å². The third-order valence-electron chi connectivity index (χ3n) is 2.66. The highest BCUT2D eigenvalue weighted by Crippen LogP contribution is 2.31. The molecule has 1 saturated heterocycles. The van der Waals surface area contributed by atoms with E-state index in [1.165, 1.54) is 14.2 Å². The summed E-state index contributed by atoms with van der Waals surface area (Å²) in [5.41, 5.74) is 0. The summed E-state index contributed by atoms with van der Waals surface area (Å²) in [4.78, 5) is 16.8. The Morgan fingerprint density at radius 2 is 2.12 bits per heavy atom. The number of ether oxygens (including phenoxy) is 2. The summed E-state index contributed by atoms with van der Waals surface area (Å²) in [7, 11) is 2.95. The molecule has 0 radical (unpaired) electrons. The van der Waals surface area contributed by atoms with Crippen molar-refractivity contribution in [1.29, 1.82) is 0 Å². The lowest BCUT2D eigenvalue weighted by atomic mass is 10.1. The van der Waals surface area contributed by atoms with Gasteiger partial charge in [-0.15, -0.1) is 0 Å². The Bertz CT molecular complexity index is 269. The topological polar surface area (TPSA) is 68.2 Å². The van der Waals surface area contributed by atoms with Crippen LogP contribution >= 0.6 is 0 Å². The lowest BCUT2D eigenvalue weighted by molar-refractivity contribution is -0.187. The molecule has 6 heteroatoms. The van der Waals surface area contributed by atoms with Gasteiger partial charge in [0.25, 0.3) is 5.91 Å². The smallest absolute Gasteiger partial charge is 0.277 e. The first kappa shape index (κ1) is 14.4. The fourth-order valence-electron chi connectivity index (χ4n) is 1.82. The highest BCUT2D eigenvalue weighted by atomic mass is 16.8. The first-order valence-corrected chi connectivity index (χ1v) is 5.69. The van der Waals surface area contributed by atoms with E-state index in [2.05, 4.69) is 0 Å². The van der Waals surface area contributed by atoms with Crippen LogP contribution in [0.25, 0.3) is 0 Å². The van der Waals surface area contributed by atoms with Crippen molar-refractivity contribution in [3.63, 3.8) is 0 Å². The third-order valence-corrected chi connectivity index (χ3v) is 2.66. The van der Waals surface area contributed by atoms with Gasteiger partial charge in [-0.1, -0.05) is 0 Å². The van der Waals surface area contributed by atoms with Gasteiger partial charge >= 0.3 is 0 Å². The molecule has 0 aromatic carbocycles. The summed E-state index contributed by atoms with van der Waals surface area (Å²) < 4.78 is 11.2. The number of rotatable bonds is 5. The minimum atomic E-state index is -0.783. The average molecular weight is 247 g/mol. The number of carbonyl (C=O) groups is 1. The predicted molar refractivity (Wildman–Crippen MR) is 59.9 cm³/mol. The van der Waals surface area contributed by atoms with E-state index >= 15 is 0 Å². The molecule has 0 bridgehead atoms. The minimum Gasteiger partial charge on any atom is -0.396 e. The summed E-state index contributed by atoms with van der Waals surface area (Å²) in [5, 5.41) is 9.95. The maximum atomic E-state index is 12.0. The molecule has 6 nitrogen and oxygen atoms in total. The van der Waals surface area contributed by atoms with Crippen LogP contribution < -0.4 is 0 Å². The van der Waals surface area contributed by atoms with Gasteiger partial charge in [0.15, 0.2) is 11.9 Å². The minimum absolute atomic E-state index is 0.0708. The number of amides is 1. The second-order valence-electron chi connectivity index (χ2n) is 4.48. The molecule has 0 aromatic rings. The van der Waals surface area contributed by atoms with Crippen LogP contribution in [0.5, 0.6) is 0 Å². The molecule has 0 aromatic heterocycles. The highest BCUT2D eigenvalue weighted by molar-refractivity contribution is 5.80. The zero-order valence-electron chi connectivity index (χ0n) is 10.8. The van der Waals surface area contributed by atoms with Gasteiger partial charge < -0.3 is 14.6 Å². The van der Waals surface area contributed by atoms with Crippen LogP contribution in [-0.2, 0) is 19.1 Å². The van der Waals surface area contributed by atoms with Crippen LogP contribution in [0.4, 0.5) is 0 Å². The molecule has 1 heterocycles. The van der Waals surface area contributed by atoms with Crippen molar-refractivity contribution in [2.45, 2.75) is 44.7 Å². The lowest BCUT2D eigenvalue weighted by Gasteiger charge is -2.21. The Balaban J connectivity index is 2.69. The standard InChI is InChI=1S/C11H21NO5/c1-11(2)16-8(6-5-7-13)9(17-11)10(14)12(3)15-4/h8-9,13H,5-7H2,1-4H3/t8-,9-/m0/s1. The zero-order chi connectivity index (χ0) is 13.1. The molecule has 1 rings (SSSR count). The molecule has 1 amide bonds. The zero-order valence-corrected chi connectivity index (χ0v) is 10.8. The lowest BCUT2D eigenvalue weighted by Crippen LogP contribution is -2.41. The first-order valence-electron chi connectivity index (χ1n) is 5.69. The summed E-state index contributed by atoms with van der Waals surface area (Å²) in [5.74, 6) is -1.06. The van der Waals surface area contributed by atoms with Crippen LogP contribution in [0.15, 0.2) is 0 Å². The van der Waals surface area contributed by atoms with Crippen LogP contribution in [0.1, 0.15) is 26.7 Å². The fourth-order valence-corrected chi connectivity index (χ4v) is 1.82. The number of aliphatic hydroxyl groups is 1. The van der Waals surface area contributed by atoms with Gasteiger partial charge in [-0.2, -0.15) is 0 Å². The molecule has 0 aliphatic carbocycles. The van der Waals surface area contributed by atoms with Gasteiger partial charge in [0.2, 0.25) is 0 Å². The van der Waals surface area contributed by atoms with Crippen molar-refractivity contribution in [1.82, 2.24) is 5.06 Å². The number of hydroxylamine groups is 2. The van der Waals surface area contributed by atoms with Crippen molar-refractivity contribution < 1.29 is 24.2 Å². The van der Waals surface area contributed by atoms with E-state index in [1.807, 2.05) is 0 Å². The molecule has 100 valence electrons. The molecule has 2 atom stereocenters. The van der Waals surface area contributed by atoms with Crippen LogP contribution in [0.2, 0.25) is 0 Å². The molecule has 0 unspecified atom stereocenters. The first-order chi connectivity index (χ1) is 7.91. The van der Waals surface area contributed by atoms with E-state index in [0.717, 1.165) is 5.06 Å². The van der Waals surface area contributed by atoms with Gasteiger partial charge in [-0.3, -0.25) is 9.63 Å². The number of hydrogen-bond donors (Lipinski definition) is 1. The summed E-state index contributed by atoms with van der Waals surface area (Å²) in [6.45, 7) is 3.60. The molecule has 0 saturated carbocycles. The summed E-state index contributed by atoms with van der Waals surface area (Å²) in [6, 6.07) is 0. The monoisotopic (exact) mass is 247 g/mol. The third kappa shape index (κ3) is 3.64. The van der Waals surface area contributed by atoms with Crippen LogP contribution in [-0.4, -0.2) is 54.8 Å². The van der Waals surface area contributed by atoms with Gasteiger partial charge in [-0.25, -0.2) is 5.06 Å². The Morgan fingerprint density at radius 1 is 1.47 bits per heavy atom. The van der Waals surface area contributed by atoms with Crippen LogP contribution in [0, 0.1) is 0 Å². The maximum absolute atomic E-state index is 12.0. The van der Waals surface area contributed by atoms with E-state index in [9.17, 15) is 4.79 Å². The Morgan fingerprint density at radius 3 is 2.65 bits per heavy atom. The Labute approximate surface area is 101 Å². The van der Waals surface area contributed by atoms with Gasteiger partial charge in [0.1, 0.15) is 0 Å². The number of likely N-dealkylation sites (N-methyl/N-ethyl adjacent to an activating group) is 1. The van der Waals surface area contributed by atoms with Crippen molar-refractivity contribution in [2.24, 2.45) is 0 Å². The van der Waals surface area contributed by atoms with Gasteiger partial charge in [0, 0.05) is 13.7 Å². The SMILES string of the molecule is CON(C)C(=O)[C@H]1OC(C)(C)O[C@H]1CCCO. The number of aliphatic hydroxyl groups excluding tert-OH is 1. The summed E-state index contributed by atoms with van der Waals surface area (Å²) >= 11 is 0. The quantitative estimate of drug-likeness (QED) is 0.708. The summed E-state index contributed by atoms with van der Waals surface area (Å²) in [6.07, 6.45) is 0.127. The highest BCUT2D eigenvalue weighted by Gasteiger charge is 2.45. The van der Waals surface area contributed by atoms with E-state index in [0.29, 0.717) is 12.8 Å². The van der Waals surface area contributed by atoms with E-state index in [4.69, 9.17) is 19.4 Å². The molecule has 1 fully saturated rings. The predicted octanol–water partition coefficient (Wildman–Crippen LogP) is 0.299. The van der Waals surface area contributed by atoms with E-state index in [1.54, 1.807) is 13.8 Å². The average Bonchev–Trinajstić information content (AvgIpc) is 2.59. The Kier molecular flexibility index (Phi) is 4.88.